The summed E-state index contributed by atoms with van der Waals surface area (Å²) in [5.74, 6) is 0.911. The Balaban J connectivity index is 1.59. The molecule has 2 rings (SSSR count). The molecule has 2 aliphatic rings. The van der Waals surface area contributed by atoms with Crippen molar-refractivity contribution in [3.8, 4) is 0 Å². The van der Waals surface area contributed by atoms with Gasteiger partial charge in [-0.3, -0.25) is 4.79 Å². The molecular weight excluding hydrogens is 180 g/mol. The molecule has 0 aromatic rings. The van der Waals surface area contributed by atoms with Crippen molar-refractivity contribution in [3.05, 3.63) is 0 Å². The van der Waals surface area contributed by atoms with Gasteiger partial charge in [-0.1, -0.05) is 0 Å². The van der Waals surface area contributed by atoms with Gasteiger partial charge in [0.05, 0.1) is 13.2 Å². The first-order valence-electron chi connectivity index (χ1n) is 5.42. The van der Waals surface area contributed by atoms with Crippen LogP contribution in [0.15, 0.2) is 0 Å². The summed E-state index contributed by atoms with van der Waals surface area (Å²) in [7, 11) is 0. The lowest BCUT2D eigenvalue weighted by molar-refractivity contribution is -0.122. The second-order valence-electron chi connectivity index (χ2n) is 4.18. The molecular formula is C10H18N2O2. The number of amides is 1. The highest BCUT2D eigenvalue weighted by molar-refractivity contribution is 5.76. The van der Waals surface area contributed by atoms with E-state index in [-0.39, 0.29) is 11.9 Å². The SMILES string of the molecule is O=C(CC1COCCN1)NCC1CC1. The number of ether oxygens (including phenoxy) is 1. The highest BCUT2D eigenvalue weighted by Gasteiger charge is 2.22. The van der Waals surface area contributed by atoms with Crippen molar-refractivity contribution in [2.45, 2.75) is 25.3 Å². The van der Waals surface area contributed by atoms with Crippen LogP contribution < -0.4 is 10.6 Å². The average molecular weight is 198 g/mol. The second-order valence-corrected chi connectivity index (χ2v) is 4.18. The van der Waals surface area contributed by atoms with E-state index in [1.54, 1.807) is 0 Å². The van der Waals surface area contributed by atoms with Crippen LogP contribution in [0.4, 0.5) is 0 Å². The van der Waals surface area contributed by atoms with E-state index < -0.39 is 0 Å². The fourth-order valence-electron chi connectivity index (χ4n) is 1.63. The Kier molecular flexibility index (Phi) is 3.37. The average Bonchev–Trinajstić information content (AvgIpc) is 3.00. The number of carbonyl (C=O) groups is 1. The minimum absolute atomic E-state index is 0.153. The zero-order valence-electron chi connectivity index (χ0n) is 8.42. The van der Waals surface area contributed by atoms with Crippen molar-refractivity contribution in [3.63, 3.8) is 0 Å². The van der Waals surface area contributed by atoms with Gasteiger partial charge in [-0.25, -0.2) is 0 Å². The summed E-state index contributed by atoms with van der Waals surface area (Å²) in [6.07, 6.45) is 3.11. The van der Waals surface area contributed by atoms with Gasteiger partial charge in [0.1, 0.15) is 0 Å². The number of nitrogens with one attached hydrogen (secondary N) is 2. The largest absolute Gasteiger partial charge is 0.378 e. The molecule has 1 atom stereocenters. The topological polar surface area (TPSA) is 50.4 Å². The van der Waals surface area contributed by atoms with Crippen molar-refractivity contribution in [1.29, 1.82) is 0 Å². The van der Waals surface area contributed by atoms with Crippen LogP contribution in [-0.2, 0) is 9.53 Å². The molecule has 1 amide bonds. The lowest BCUT2D eigenvalue weighted by Gasteiger charge is -2.23. The fourth-order valence-corrected chi connectivity index (χ4v) is 1.63. The number of rotatable bonds is 4. The van der Waals surface area contributed by atoms with Crippen LogP contribution in [0.2, 0.25) is 0 Å². The predicted octanol–water partition coefficient (Wildman–Crippen LogP) is -0.109. The van der Waals surface area contributed by atoms with E-state index >= 15 is 0 Å². The normalized spacial score (nSPS) is 27.3. The van der Waals surface area contributed by atoms with E-state index in [2.05, 4.69) is 10.6 Å². The Labute approximate surface area is 84.4 Å². The summed E-state index contributed by atoms with van der Waals surface area (Å²) in [6.45, 7) is 3.16. The molecule has 1 unspecified atom stereocenters. The maximum absolute atomic E-state index is 11.4. The lowest BCUT2D eigenvalue weighted by Crippen LogP contribution is -2.44. The highest BCUT2D eigenvalue weighted by Crippen LogP contribution is 2.27. The fraction of sp³-hybridized carbons (Fsp3) is 0.900. The van der Waals surface area contributed by atoms with Crippen LogP contribution >= 0.6 is 0 Å². The van der Waals surface area contributed by atoms with Gasteiger partial charge < -0.3 is 15.4 Å². The van der Waals surface area contributed by atoms with Crippen molar-refractivity contribution in [2.75, 3.05) is 26.3 Å². The summed E-state index contributed by atoms with van der Waals surface area (Å²) in [4.78, 5) is 11.4. The molecule has 2 fully saturated rings. The monoisotopic (exact) mass is 198 g/mol. The first-order chi connectivity index (χ1) is 6.84. The molecule has 1 saturated heterocycles. The lowest BCUT2D eigenvalue weighted by atomic mass is 10.2. The summed E-state index contributed by atoms with van der Waals surface area (Å²) in [5.41, 5.74) is 0. The van der Waals surface area contributed by atoms with Crippen LogP contribution in [0.25, 0.3) is 0 Å². The van der Waals surface area contributed by atoms with Crippen LogP contribution in [0.1, 0.15) is 19.3 Å². The Hall–Kier alpha value is -0.610. The Morgan fingerprint density at radius 3 is 3.00 bits per heavy atom. The van der Waals surface area contributed by atoms with Crippen molar-refractivity contribution in [2.24, 2.45) is 5.92 Å². The number of carbonyl (C=O) groups excluding carboxylic acids is 1. The molecule has 2 N–H and O–H groups in total. The standard InChI is InChI=1S/C10H18N2O2/c13-10(12-6-8-1-2-8)5-9-7-14-4-3-11-9/h8-9,11H,1-7H2,(H,12,13). The van der Waals surface area contributed by atoms with Gasteiger partial charge in [0.25, 0.3) is 0 Å². The summed E-state index contributed by atoms with van der Waals surface area (Å²) >= 11 is 0. The molecule has 1 heterocycles. The van der Waals surface area contributed by atoms with Crippen LogP contribution in [0, 0.1) is 5.92 Å². The first-order valence-corrected chi connectivity index (χ1v) is 5.42. The minimum Gasteiger partial charge on any atom is -0.378 e. The number of hydrogen-bond acceptors (Lipinski definition) is 3. The van der Waals surface area contributed by atoms with E-state index in [4.69, 9.17) is 4.74 Å². The molecule has 0 radical (unpaired) electrons. The van der Waals surface area contributed by atoms with Gasteiger partial charge in [0, 0.05) is 25.6 Å². The second kappa shape index (κ2) is 4.75. The number of hydrogen-bond donors (Lipinski definition) is 2. The molecule has 0 aromatic heterocycles. The van der Waals surface area contributed by atoms with Crippen molar-refractivity contribution < 1.29 is 9.53 Å². The third kappa shape index (κ3) is 3.27. The van der Waals surface area contributed by atoms with Gasteiger partial charge in [-0.15, -0.1) is 0 Å². The molecule has 4 heteroatoms. The Morgan fingerprint density at radius 1 is 1.50 bits per heavy atom. The summed E-state index contributed by atoms with van der Waals surface area (Å²) in [6, 6.07) is 0.211. The molecule has 1 saturated carbocycles. The molecule has 0 spiro atoms. The number of morpholine rings is 1. The third-order valence-corrected chi connectivity index (χ3v) is 2.72. The van der Waals surface area contributed by atoms with Gasteiger partial charge in [0.15, 0.2) is 0 Å². The molecule has 1 aliphatic heterocycles. The first kappa shape index (κ1) is 9.93. The van der Waals surface area contributed by atoms with E-state index in [1.165, 1.54) is 12.8 Å². The predicted molar refractivity (Wildman–Crippen MR) is 53.0 cm³/mol. The van der Waals surface area contributed by atoms with E-state index in [0.29, 0.717) is 13.0 Å². The summed E-state index contributed by atoms with van der Waals surface area (Å²) < 4.78 is 5.28. The quantitative estimate of drug-likeness (QED) is 0.663. The van der Waals surface area contributed by atoms with E-state index in [0.717, 1.165) is 25.6 Å². The van der Waals surface area contributed by atoms with Crippen molar-refractivity contribution >= 4 is 5.91 Å². The molecule has 1 aliphatic carbocycles. The zero-order chi connectivity index (χ0) is 9.80. The minimum atomic E-state index is 0.153. The van der Waals surface area contributed by atoms with Crippen LogP contribution in [-0.4, -0.2) is 38.3 Å². The third-order valence-electron chi connectivity index (χ3n) is 2.72. The molecule has 14 heavy (non-hydrogen) atoms. The van der Waals surface area contributed by atoms with Crippen LogP contribution in [0.3, 0.4) is 0 Å². The van der Waals surface area contributed by atoms with Crippen LogP contribution in [0.5, 0.6) is 0 Å². The smallest absolute Gasteiger partial charge is 0.221 e. The maximum atomic E-state index is 11.4. The Bertz CT molecular complexity index is 198. The molecule has 4 nitrogen and oxygen atoms in total. The van der Waals surface area contributed by atoms with Gasteiger partial charge in [0.2, 0.25) is 5.91 Å². The maximum Gasteiger partial charge on any atom is 0.221 e. The highest BCUT2D eigenvalue weighted by atomic mass is 16.5. The molecule has 80 valence electrons. The molecule has 0 bridgehead atoms. The summed E-state index contributed by atoms with van der Waals surface area (Å²) in [5, 5.41) is 6.22. The van der Waals surface area contributed by atoms with E-state index in [9.17, 15) is 4.79 Å². The van der Waals surface area contributed by atoms with Gasteiger partial charge in [-0.2, -0.15) is 0 Å². The zero-order valence-corrected chi connectivity index (χ0v) is 8.42. The van der Waals surface area contributed by atoms with Crippen molar-refractivity contribution in [1.82, 2.24) is 10.6 Å². The van der Waals surface area contributed by atoms with Gasteiger partial charge in [-0.05, 0) is 18.8 Å². The Morgan fingerprint density at radius 2 is 2.36 bits per heavy atom. The van der Waals surface area contributed by atoms with E-state index in [1.807, 2.05) is 0 Å². The van der Waals surface area contributed by atoms with Gasteiger partial charge >= 0.3 is 0 Å². The molecule has 0 aromatic carbocycles.